The van der Waals surface area contributed by atoms with Crippen LogP contribution in [0.15, 0.2) is 24.4 Å². The fourth-order valence-electron chi connectivity index (χ4n) is 5.11. The molecule has 8 nitrogen and oxygen atoms in total. The molecule has 2 aliphatic rings. The molecule has 190 valence electrons. The summed E-state index contributed by atoms with van der Waals surface area (Å²) in [6, 6.07) is 2.70. The van der Waals surface area contributed by atoms with Gasteiger partial charge in [-0.2, -0.15) is 0 Å². The highest BCUT2D eigenvalue weighted by atomic mass is 19.1. The van der Waals surface area contributed by atoms with E-state index in [0.717, 1.165) is 24.6 Å². The number of rotatable bonds is 7. The Morgan fingerprint density at radius 3 is 2.69 bits per heavy atom. The molecule has 2 saturated heterocycles. The normalized spacial score (nSPS) is 20.6. The van der Waals surface area contributed by atoms with Crippen molar-refractivity contribution in [1.82, 2.24) is 19.8 Å². The van der Waals surface area contributed by atoms with Crippen LogP contribution in [-0.4, -0.2) is 75.6 Å². The van der Waals surface area contributed by atoms with E-state index in [-0.39, 0.29) is 23.3 Å². The second-order valence-corrected chi connectivity index (χ2v) is 9.49. The van der Waals surface area contributed by atoms with Crippen molar-refractivity contribution in [3.63, 3.8) is 0 Å². The first-order valence-electron chi connectivity index (χ1n) is 12.1. The summed E-state index contributed by atoms with van der Waals surface area (Å²) in [5.41, 5.74) is 0.359. The summed E-state index contributed by atoms with van der Waals surface area (Å²) in [6.07, 6.45) is 2.34. The van der Waals surface area contributed by atoms with Crippen molar-refractivity contribution in [2.45, 2.75) is 45.3 Å². The van der Waals surface area contributed by atoms with E-state index < -0.39 is 29.7 Å². The monoisotopic (exact) mass is 490 g/mol. The Labute approximate surface area is 203 Å². The van der Waals surface area contributed by atoms with Crippen molar-refractivity contribution >= 4 is 11.8 Å². The molecule has 10 heteroatoms. The Bertz CT molecular complexity index is 1050. The van der Waals surface area contributed by atoms with Crippen LogP contribution in [0.4, 0.5) is 8.78 Å². The van der Waals surface area contributed by atoms with Crippen LogP contribution in [0.2, 0.25) is 0 Å². The van der Waals surface area contributed by atoms with Crippen LogP contribution in [0, 0.1) is 23.5 Å². The van der Waals surface area contributed by atoms with E-state index in [1.54, 1.807) is 9.80 Å². The third-order valence-corrected chi connectivity index (χ3v) is 6.97. The molecule has 1 aromatic heterocycles. The Kier molecular flexibility index (Phi) is 7.81. The maximum Gasteiger partial charge on any atom is 0.251 e. The zero-order chi connectivity index (χ0) is 25.1. The fourth-order valence-corrected chi connectivity index (χ4v) is 5.11. The van der Waals surface area contributed by atoms with Gasteiger partial charge >= 0.3 is 0 Å². The van der Waals surface area contributed by atoms with E-state index in [1.807, 2.05) is 0 Å². The zero-order valence-electron chi connectivity index (χ0n) is 20.0. The molecule has 2 N–H and O–H groups in total. The molecule has 2 aliphatic heterocycles. The minimum Gasteiger partial charge on any atom is -0.384 e. The lowest BCUT2D eigenvalue weighted by molar-refractivity contribution is -0.145. The molecule has 0 radical (unpaired) electrons. The van der Waals surface area contributed by atoms with Crippen LogP contribution in [0.1, 0.15) is 45.0 Å². The van der Waals surface area contributed by atoms with E-state index in [0.29, 0.717) is 57.2 Å². The first kappa shape index (κ1) is 25.2. The Balaban J connectivity index is 1.69. The SMILES string of the molecule is CC(=O)N1CCC(CN(C(=O)C(C)O)C(c2ncc(-c3cc(F)ccc3F)[nH]2)C2CCOCC2)C1. The van der Waals surface area contributed by atoms with Gasteiger partial charge in [-0.15, -0.1) is 0 Å². The van der Waals surface area contributed by atoms with Crippen LogP contribution in [-0.2, 0) is 14.3 Å². The highest BCUT2D eigenvalue weighted by Gasteiger charge is 2.39. The van der Waals surface area contributed by atoms with Gasteiger partial charge in [0.1, 0.15) is 23.6 Å². The second kappa shape index (κ2) is 10.8. The van der Waals surface area contributed by atoms with Crippen molar-refractivity contribution in [2.24, 2.45) is 11.8 Å². The van der Waals surface area contributed by atoms with Gasteiger partial charge in [-0.05, 0) is 56.2 Å². The Hall–Kier alpha value is -2.85. The van der Waals surface area contributed by atoms with Crippen molar-refractivity contribution in [3.8, 4) is 11.3 Å². The highest BCUT2D eigenvalue weighted by Crippen LogP contribution is 2.37. The predicted molar refractivity (Wildman–Crippen MR) is 124 cm³/mol. The molecular formula is C25H32F2N4O4. The first-order valence-corrected chi connectivity index (χ1v) is 12.1. The zero-order valence-corrected chi connectivity index (χ0v) is 20.0. The second-order valence-electron chi connectivity index (χ2n) is 9.49. The Morgan fingerprint density at radius 1 is 1.29 bits per heavy atom. The van der Waals surface area contributed by atoms with Crippen molar-refractivity contribution < 1.29 is 28.2 Å². The number of aromatic nitrogens is 2. The number of amides is 2. The number of hydrogen-bond acceptors (Lipinski definition) is 5. The molecule has 1 aromatic carbocycles. The first-order chi connectivity index (χ1) is 16.7. The van der Waals surface area contributed by atoms with E-state index in [1.165, 1.54) is 20.0 Å². The maximum atomic E-state index is 14.4. The van der Waals surface area contributed by atoms with Crippen molar-refractivity contribution in [3.05, 3.63) is 41.9 Å². The number of halogens is 2. The van der Waals surface area contributed by atoms with Crippen LogP contribution in [0.25, 0.3) is 11.3 Å². The lowest BCUT2D eigenvalue weighted by Gasteiger charge is -2.39. The maximum absolute atomic E-state index is 14.4. The topological polar surface area (TPSA) is 98.8 Å². The molecule has 2 amide bonds. The van der Waals surface area contributed by atoms with E-state index in [9.17, 15) is 23.5 Å². The summed E-state index contributed by atoms with van der Waals surface area (Å²) in [6.45, 7) is 5.54. The molecular weight excluding hydrogens is 458 g/mol. The summed E-state index contributed by atoms with van der Waals surface area (Å²) in [5, 5.41) is 10.2. The number of carbonyl (C=O) groups is 2. The number of aliphatic hydroxyl groups is 1. The number of H-pyrrole nitrogens is 1. The number of nitrogens with one attached hydrogen (secondary N) is 1. The van der Waals surface area contributed by atoms with Crippen molar-refractivity contribution in [1.29, 1.82) is 0 Å². The van der Waals surface area contributed by atoms with Gasteiger partial charge in [-0.25, -0.2) is 13.8 Å². The largest absolute Gasteiger partial charge is 0.384 e. The average Bonchev–Trinajstić information content (AvgIpc) is 3.51. The van der Waals surface area contributed by atoms with E-state index in [2.05, 4.69) is 9.97 Å². The lowest BCUT2D eigenvalue weighted by atomic mass is 9.89. The molecule has 2 aromatic rings. The number of hydrogen-bond donors (Lipinski definition) is 2. The van der Waals surface area contributed by atoms with Gasteiger partial charge in [-0.1, -0.05) is 0 Å². The molecule has 0 spiro atoms. The van der Waals surface area contributed by atoms with Gasteiger partial charge in [-0.3, -0.25) is 9.59 Å². The van der Waals surface area contributed by atoms with Crippen LogP contribution < -0.4 is 0 Å². The number of aliphatic hydroxyl groups excluding tert-OH is 1. The lowest BCUT2D eigenvalue weighted by Crippen LogP contribution is -2.47. The number of nitrogens with zero attached hydrogens (tertiary/aromatic N) is 3. The number of benzene rings is 1. The Morgan fingerprint density at radius 2 is 2.03 bits per heavy atom. The highest BCUT2D eigenvalue weighted by molar-refractivity contribution is 5.80. The summed E-state index contributed by atoms with van der Waals surface area (Å²) in [7, 11) is 0. The van der Waals surface area contributed by atoms with E-state index in [4.69, 9.17) is 4.74 Å². The molecule has 0 bridgehead atoms. The number of likely N-dealkylation sites (tertiary alicyclic amines) is 1. The minimum atomic E-state index is -1.22. The molecule has 3 heterocycles. The molecule has 0 saturated carbocycles. The fraction of sp³-hybridized carbons (Fsp3) is 0.560. The third-order valence-electron chi connectivity index (χ3n) is 6.97. The summed E-state index contributed by atoms with van der Waals surface area (Å²) in [4.78, 5) is 36.2. The number of ether oxygens (including phenoxy) is 1. The molecule has 4 rings (SSSR count). The molecule has 35 heavy (non-hydrogen) atoms. The predicted octanol–water partition coefficient (Wildman–Crippen LogP) is 2.90. The molecule has 2 fully saturated rings. The van der Waals surface area contributed by atoms with Crippen molar-refractivity contribution in [2.75, 3.05) is 32.8 Å². The number of aromatic amines is 1. The number of carbonyl (C=O) groups excluding carboxylic acids is 2. The average molecular weight is 491 g/mol. The van der Waals surface area contributed by atoms with Gasteiger partial charge in [0.05, 0.1) is 17.9 Å². The molecule has 0 aliphatic carbocycles. The minimum absolute atomic E-state index is 0.00493. The third kappa shape index (κ3) is 5.70. The van der Waals surface area contributed by atoms with Crippen LogP contribution >= 0.6 is 0 Å². The molecule has 3 unspecified atom stereocenters. The van der Waals surface area contributed by atoms with Gasteiger partial charge in [0.25, 0.3) is 5.91 Å². The quantitative estimate of drug-likeness (QED) is 0.622. The van der Waals surface area contributed by atoms with Crippen LogP contribution in [0.5, 0.6) is 0 Å². The van der Waals surface area contributed by atoms with E-state index >= 15 is 0 Å². The summed E-state index contributed by atoms with van der Waals surface area (Å²) in [5.74, 6) is -1.09. The molecule has 3 atom stereocenters. The number of imidazole rings is 1. The van der Waals surface area contributed by atoms with Gasteiger partial charge in [0, 0.05) is 45.3 Å². The standard InChI is InChI=1S/C25H32F2N4O4/c1-15(32)25(34)31(14-17-5-8-30(13-17)16(2)33)23(18-6-9-35-10-7-18)24-28-12-22(29-24)20-11-19(26)3-4-21(20)27/h3-4,11-12,15,17-18,23,32H,5-10,13-14H2,1-2H3,(H,28,29). The summed E-state index contributed by atoms with van der Waals surface area (Å²) >= 11 is 0. The van der Waals surface area contributed by atoms with Gasteiger partial charge < -0.3 is 24.6 Å². The van der Waals surface area contributed by atoms with Gasteiger partial charge in [0.2, 0.25) is 5.91 Å². The summed E-state index contributed by atoms with van der Waals surface area (Å²) < 4.78 is 33.8. The van der Waals surface area contributed by atoms with Crippen LogP contribution in [0.3, 0.4) is 0 Å². The van der Waals surface area contributed by atoms with Gasteiger partial charge in [0.15, 0.2) is 0 Å². The smallest absolute Gasteiger partial charge is 0.251 e.